The number of rotatable bonds is 19. The van der Waals surface area contributed by atoms with E-state index in [-0.39, 0.29) is 11.8 Å². The molecule has 258 valence electrons. The summed E-state index contributed by atoms with van der Waals surface area (Å²) in [4.78, 5) is 30.7. The zero-order valence-electron chi connectivity index (χ0n) is 30.6. The van der Waals surface area contributed by atoms with Crippen molar-refractivity contribution in [1.29, 1.82) is 0 Å². The summed E-state index contributed by atoms with van der Waals surface area (Å²) in [7, 11) is -6.73. The van der Waals surface area contributed by atoms with Crippen molar-refractivity contribution >= 4 is 45.1 Å². The second kappa shape index (κ2) is 17.5. The van der Waals surface area contributed by atoms with Crippen LogP contribution in [0.1, 0.15) is 20.7 Å². The first-order chi connectivity index (χ1) is 21.1. The number of hydrogen-bond acceptors (Lipinski definition) is 6. The van der Waals surface area contributed by atoms with Crippen LogP contribution in [-0.4, -0.2) is 107 Å². The summed E-state index contributed by atoms with van der Waals surface area (Å²) in [6, 6.07) is 15.4. The van der Waals surface area contributed by atoms with Gasteiger partial charge in [-0.15, -0.1) is 0 Å². The summed E-state index contributed by atoms with van der Waals surface area (Å²) in [6.07, 6.45) is 0. The smallest absolute Gasteiger partial charge is 0.254 e. The van der Waals surface area contributed by atoms with Gasteiger partial charge in [-0.05, 0) is 114 Å². The summed E-state index contributed by atoms with van der Waals surface area (Å²) in [5.74, 6) is -0.0516. The Kier molecular flexibility index (Phi) is 15.3. The molecule has 12 heteroatoms. The molecular formula is C34H60N2O6Si4. The predicted molar refractivity (Wildman–Crippen MR) is 201 cm³/mol. The number of amides is 2. The summed E-state index contributed by atoms with van der Waals surface area (Å²) < 4.78 is 24.2. The molecule has 0 radical (unpaired) electrons. The van der Waals surface area contributed by atoms with Crippen molar-refractivity contribution in [2.75, 3.05) is 52.6 Å². The number of carbonyl (C=O) groups is 2. The lowest BCUT2D eigenvalue weighted by Crippen LogP contribution is -2.40. The van der Waals surface area contributed by atoms with Gasteiger partial charge in [-0.25, -0.2) is 0 Å². The van der Waals surface area contributed by atoms with E-state index in [1.807, 2.05) is 58.3 Å². The molecule has 0 bridgehead atoms. The van der Waals surface area contributed by atoms with Crippen molar-refractivity contribution in [3.8, 4) is 11.1 Å². The van der Waals surface area contributed by atoms with Gasteiger partial charge in [-0.3, -0.25) is 9.59 Å². The Morgan fingerprint density at radius 1 is 0.435 bits per heavy atom. The van der Waals surface area contributed by atoms with Gasteiger partial charge < -0.3 is 27.5 Å². The third kappa shape index (κ3) is 16.3. The Balaban J connectivity index is 2.14. The van der Waals surface area contributed by atoms with Crippen LogP contribution in [0, 0.1) is 0 Å². The zero-order valence-corrected chi connectivity index (χ0v) is 34.6. The molecule has 0 saturated carbocycles. The van der Waals surface area contributed by atoms with Crippen LogP contribution in [-0.2, 0) is 17.7 Å². The molecule has 2 aromatic carbocycles. The number of carbonyl (C=O) groups excluding carboxylic acids is 2. The van der Waals surface area contributed by atoms with E-state index in [4.69, 9.17) is 17.7 Å². The van der Waals surface area contributed by atoms with E-state index in [1.54, 1.807) is 0 Å². The molecule has 0 heterocycles. The van der Waals surface area contributed by atoms with Gasteiger partial charge in [0, 0.05) is 37.3 Å². The second-order valence-electron chi connectivity index (χ2n) is 15.6. The fourth-order valence-electron chi connectivity index (χ4n) is 4.45. The van der Waals surface area contributed by atoms with Crippen LogP contribution in [0.3, 0.4) is 0 Å². The number of hydrogen-bond donors (Lipinski definition) is 0. The van der Waals surface area contributed by atoms with E-state index in [2.05, 4.69) is 78.6 Å². The van der Waals surface area contributed by atoms with Crippen LogP contribution in [0.5, 0.6) is 0 Å². The molecule has 0 aliphatic carbocycles. The lowest BCUT2D eigenvalue weighted by molar-refractivity contribution is 0.0692. The molecule has 0 fully saturated rings. The van der Waals surface area contributed by atoms with Gasteiger partial charge in [0.05, 0.1) is 26.4 Å². The maximum atomic E-state index is 13.5. The minimum absolute atomic E-state index is 0.0258. The Morgan fingerprint density at radius 2 is 0.652 bits per heavy atom. The maximum absolute atomic E-state index is 13.5. The predicted octanol–water partition coefficient (Wildman–Crippen LogP) is 7.64. The fraction of sp³-hybridized carbons (Fsp3) is 0.588. The van der Waals surface area contributed by atoms with Crippen LogP contribution in [0.2, 0.25) is 78.6 Å². The SMILES string of the molecule is C[Si](C)(C)OCCN(CCO[Si](C)(C)C)C(=O)c1ccc(-c2ccc(C(=O)N(CCO[Si](C)(C)C)CCO[Si](C)(C)C)cc2)cc1. The average molecular weight is 705 g/mol. The first kappa shape index (κ1) is 40.3. The van der Waals surface area contributed by atoms with Crippen molar-refractivity contribution in [1.82, 2.24) is 9.80 Å². The van der Waals surface area contributed by atoms with E-state index >= 15 is 0 Å². The molecule has 0 unspecified atom stereocenters. The van der Waals surface area contributed by atoms with Crippen LogP contribution >= 0.6 is 0 Å². The lowest BCUT2D eigenvalue weighted by atomic mass is 10.0. The van der Waals surface area contributed by atoms with Gasteiger partial charge in [0.1, 0.15) is 0 Å². The molecule has 0 aliphatic rings. The van der Waals surface area contributed by atoms with Gasteiger partial charge >= 0.3 is 0 Å². The molecule has 8 nitrogen and oxygen atoms in total. The van der Waals surface area contributed by atoms with Crippen LogP contribution in [0.25, 0.3) is 11.1 Å². The minimum Gasteiger partial charge on any atom is -0.416 e. The normalized spacial score (nSPS) is 12.7. The van der Waals surface area contributed by atoms with E-state index in [9.17, 15) is 9.59 Å². The van der Waals surface area contributed by atoms with Gasteiger partial charge in [0.25, 0.3) is 11.8 Å². The largest absolute Gasteiger partial charge is 0.416 e. The van der Waals surface area contributed by atoms with E-state index < -0.39 is 33.3 Å². The van der Waals surface area contributed by atoms with Crippen LogP contribution < -0.4 is 0 Å². The van der Waals surface area contributed by atoms with Crippen LogP contribution in [0.15, 0.2) is 48.5 Å². The summed E-state index contributed by atoms with van der Waals surface area (Å²) in [5.41, 5.74) is 3.23. The third-order valence-corrected chi connectivity index (χ3v) is 11.0. The topological polar surface area (TPSA) is 77.5 Å². The summed E-state index contributed by atoms with van der Waals surface area (Å²) >= 11 is 0. The quantitative estimate of drug-likeness (QED) is 0.140. The highest BCUT2D eigenvalue weighted by Gasteiger charge is 2.22. The Bertz CT molecular complexity index is 1090. The van der Waals surface area contributed by atoms with Gasteiger partial charge in [0.2, 0.25) is 0 Å². The molecule has 0 N–H and O–H groups in total. The lowest BCUT2D eigenvalue weighted by Gasteiger charge is -2.27. The summed E-state index contributed by atoms with van der Waals surface area (Å²) in [6.45, 7) is 30.0. The van der Waals surface area contributed by atoms with Crippen molar-refractivity contribution in [2.24, 2.45) is 0 Å². The van der Waals surface area contributed by atoms with E-state index in [0.29, 0.717) is 63.7 Å². The average Bonchev–Trinajstić information content (AvgIpc) is 2.92. The number of benzene rings is 2. The minimum atomic E-state index is -1.68. The Hall–Kier alpha value is -1.91. The van der Waals surface area contributed by atoms with Crippen LogP contribution in [0.4, 0.5) is 0 Å². The first-order valence-corrected chi connectivity index (χ1v) is 30.1. The third-order valence-electron chi connectivity index (χ3n) is 6.76. The van der Waals surface area contributed by atoms with Crippen molar-refractivity contribution in [3.63, 3.8) is 0 Å². The molecule has 0 aromatic heterocycles. The standard InChI is InChI=1S/C34H60N2O6Si4/c1-43(2,3)39-25-21-35(22-26-40-44(4,5)6)33(37)31-17-13-29(14-18-31)30-15-19-32(20-16-30)34(38)36(23-27-41-45(7,8)9)24-28-42-46(10,11)12/h13-20H,21-28H2,1-12H3. The molecule has 0 aliphatic heterocycles. The van der Waals surface area contributed by atoms with E-state index in [0.717, 1.165) is 11.1 Å². The number of nitrogens with zero attached hydrogens (tertiary/aromatic N) is 2. The molecule has 2 aromatic rings. The zero-order chi connectivity index (χ0) is 34.8. The van der Waals surface area contributed by atoms with Crippen molar-refractivity contribution in [3.05, 3.63) is 59.7 Å². The van der Waals surface area contributed by atoms with Crippen molar-refractivity contribution < 1.29 is 27.3 Å². The van der Waals surface area contributed by atoms with Gasteiger partial charge in [0.15, 0.2) is 33.3 Å². The molecule has 46 heavy (non-hydrogen) atoms. The molecule has 0 atom stereocenters. The first-order valence-electron chi connectivity index (χ1n) is 16.5. The van der Waals surface area contributed by atoms with Crippen molar-refractivity contribution in [2.45, 2.75) is 78.6 Å². The second-order valence-corrected chi connectivity index (χ2v) is 33.6. The van der Waals surface area contributed by atoms with Gasteiger partial charge in [-0.2, -0.15) is 0 Å². The molecular weight excluding hydrogens is 645 g/mol. The van der Waals surface area contributed by atoms with E-state index in [1.165, 1.54) is 0 Å². The maximum Gasteiger partial charge on any atom is 0.254 e. The fourth-order valence-corrected chi connectivity index (χ4v) is 7.27. The summed E-state index contributed by atoms with van der Waals surface area (Å²) in [5, 5.41) is 0. The van der Waals surface area contributed by atoms with Gasteiger partial charge in [-0.1, -0.05) is 24.3 Å². The molecule has 2 rings (SSSR count). The molecule has 2 amide bonds. The monoisotopic (exact) mass is 704 g/mol. The Labute approximate surface area is 283 Å². The highest BCUT2D eigenvalue weighted by atomic mass is 28.4. The highest BCUT2D eigenvalue weighted by Crippen LogP contribution is 2.22. The molecule has 0 spiro atoms. The highest BCUT2D eigenvalue weighted by molar-refractivity contribution is 6.70. The molecule has 0 saturated heterocycles. The Morgan fingerprint density at radius 3 is 0.848 bits per heavy atom.